The molecule has 122 valence electrons. The Morgan fingerprint density at radius 3 is 1.35 bits per heavy atom. The van der Waals surface area contributed by atoms with E-state index < -0.39 is 5.60 Å². The molecule has 0 saturated heterocycles. The van der Waals surface area contributed by atoms with Crippen molar-refractivity contribution < 1.29 is 15.3 Å². The van der Waals surface area contributed by atoms with E-state index in [-0.39, 0.29) is 6.61 Å². The summed E-state index contributed by atoms with van der Waals surface area (Å²) >= 11 is 0. The van der Waals surface area contributed by atoms with Gasteiger partial charge in [0, 0.05) is 13.2 Å². The lowest BCUT2D eigenvalue weighted by atomic mass is 9.93. The van der Waals surface area contributed by atoms with E-state index in [1.807, 2.05) is 6.92 Å². The fourth-order valence-electron chi connectivity index (χ4n) is 2.62. The molecule has 0 aromatic carbocycles. The van der Waals surface area contributed by atoms with Crippen molar-refractivity contribution in [1.29, 1.82) is 0 Å². The second kappa shape index (κ2) is 13.8. The molecule has 0 fully saturated rings. The quantitative estimate of drug-likeness (QED) is 0.402. The monoisotopic (exact) mass is 288 g/mol. The van der Waals surface area contributed by atoms with Crippen molar-refractivity contribution in [2.45, 2.75) is 96.0 Å². The zero-order chi connectivity index (χ0) is 15.1. The third-order valence-corrected chi connectivity index (χ3v) is 4.00. The number of hydrogen-bond acceptors (Lipinski definition) is 3. The highest BCUT2D eigenvalue weighted by atomic mass is 16.3. The molecule has 1 unspecified atom stereocenters. The average Bonchev–Trinajstić information content (AvgIpc) is 2.42. The van der Waals surface area contributed by atoms with Crippen LogP contribution in [0.15, 0.2) is 0 Å². The van der Waals surface area contributed by atoms with E-state index in [0.29, 0.717) is 19.4 Å². The van der Waals surface area contributed by atoms with Crippen molar-refractivity contribution in [3.05, 3.63) is 0 Å². The van der Waals surface area contributed by atoms with Gasteiger partial charge in [0.1, 0.15) is 0 Å². The molecule has 0 aliphatic rings. The predicted molar refractivity (Wildman–Crippen MR) is 84.8 cm³/mol. The molecule has 0 aliphatic heterocycles. The van der Waals surface area contributed by atoms with Gasteiger partial charge in [0.05, 0.1) is 5.60 Å². The summed E-state index contributed by atoms with van der Waals surface area (Å²) in [5.74, 6) is 0. The van der Waals surface area contributed by atoms with E-state index in [9.17, 15) is 5.11 Å². The summed E-state index contributed by atoms with van der Waals surface area (Å²) in [7, 11) is 0. The summed E-state index contributed by atoms with van der Waals surface area (Å²) in [5.41, 5.74) is -0.588. The lowest BCUT2D eigenvalue weighted by Gasteiger charge is -2.22. The topological polar surface area (TPSA) is 60.7 Å². The van der Waals surface area contributed by atoms with Crippen LogP contribution in [0.25, 0.3) is 0 Å². The molecule has 0 aromatic heterocycles. The largest absolute Gasteiger partial charge is 0.396 e. The fourth-order valence-corrected chi connectivity index (χ4v) is 2.62. The van der Waals surface area contributed by atoms with E-state index >= 15 is 0 Å². The maximum Gasteiger partial charge on any atom is 0.0620 e. The number of aliphatic hydroxyl groups excluding tert-OH is 2. The maximum atomic E-state index is 10.1. The van der Waals surface area contributed by atoms with E-state index in [2.05, 4.69) is 0 Å². The SMILES string of the molecule is CC(O)(CCCO)CCCCCCCCCCCCO. The van der Waals surface area contributed by atoms with E-state index in [0.717, 1.165) is 19.3 Å². The molecule has 0 amide bonds. The molecule has 1 atom stereocenters. The highest BCUT2D eigenvalue weighted by Crippen LogP contribution is 2.20. The second-order valence-corrected chi connectivity index (χ2v) is 6.33. The molecule has 0 bridgehead atoms. The minimum atomic E-state index is -0.588. The summed E-state index contributed by atoms with van der Waals surface area (Å²) in [4.78, 5) is 0. The van der Waals surface area contributed by atoms with Crippen LogP contribution in [0.2, 0.25) is 0 Å². The third kappa shape index (κ3) is 14.3. The number of hydrogen-bond donors (Lipinski definition) is 3. The highest BCUT2D eigenvalue weighted by Gasteiger charge is 2.18. The Bertz CT molecular complexity index is 193. The molecule has 3 N–H and O–H groups in total. The van der Waals surface area contributed by atoms with Crippen molar-refractivity contribution >= 4 is 0 Å². The smallest absolute Gasteiger partial charge is 0.0620 e. The predicted octanol–water partition coefficient (Wildman–Crippen LogP) is 3.79. The first-order valence-corrected chi connectivity index (χ1v) is 8.56. The van der Waals surface area contributed by atoms with Gasteiger partial charge in [-0.3, -0.25) is 0 Å². The molecule has 0 rings (SSSR count). The first-order chi connectivity index (χ1) is 9.62. The van der Waals surface area contributed by atoms with E-state index in [1.165, 1.54) is 51.4 Å². The minimum Gasteiger partial charge on any atom is -0.396 e. The van der Waals surface area contributed by atoms with Gasteiger partial charge in [0.25, 0.3) is 0 Å². The van der Waals surface area contributed by atoms with Gasteiger partial charge in [-0.2, -0.15) is 0 Å². The molecule has 0 saturated carbocycles. The van der Waals surface area contributed by atoms with Crippen LogP contribution in [0, 0.1) is 0 Å². The van der Waals surface area contributed by atoms with Crippen LogP contribution in [0.1, 0.15) is 90.4 Å². The zero-order valence-electron chi connectivity index (χ0n) is 13.4. The summed E-state index contributed by atoms with van der Waals surface area (Å²) in [5, 5.41) is 27.5. The van der Waals surface area contributed by atoms with Gasteiger partial charge in [-0.25, -0.2) is 0 Å². The lowest BCUT2D eigenvalue weighted by Crippen LogP contribution is -2.24. The lowest BCUT2D eigenvalue weighted by molar-refractivity contribution is 0.0326. The van der Waals surface area contributed by atoms with Gasteiger partial charge < -0.3 is 15.3 Å². The molecule has 0 spiro atoms. The molecular weight excluding hydrogens is 252 g/mol. The fraction of sp³-hybridized carbons (Fsp3) is 1.00. The van der Waals surface area contributed by atoms with Crippen LogP contribution >= 0.6 is 0 Å². The summed E-state index contributed by atoms with van der Waals surface area (Å²) < 4.78 is 0. The van der Waals surface area contributed by atoms with Gasteiger partial charge in [-0.05, 0) is 32.6 Å². The first-order valence-electron chi connectivity index (χ1n) is 8.56. The molecule has 0 aliphatic carbocycles. The van der Waals surface area contributed by atoms with Gasteiger partial charge in [0.15, 0.2) is 0 Å². The molecule has 3 nitrogen and oxygen atoms in total. The van der Waals surface area contributed by atoms with Crippen LogP contribution in [0.5, 0.6) is 0 Å². The van der Waals surface area contributed by atoms with Gasteiger partial charge in [-0.15, -0.1) is 0 Å². The Kier molecular flexibility index (Phi) is 13.8. The summed E-state index contributed by atoms with van der Waals surface area (Å²) in [6.45, 7) is 2.39. The molecule has 0 radical (unpaired) electrons. The molecule has 0 aromatic rings. The highest BCUT2D eigenvalue weighted by molar-refractivity contribution is 4.72. The van der Waals surface area contributed by atoms with E-state index in [4.69, 9.17) is 10.2 Å². The maximum absolute atomic E-state index is 10.1. The summed E-state index contributed by atoms with van der Waals surface area (Å²) in [6.07, 6.45) is 14.5. The number of aliphatic hydroxyl groups is 3. The number of rotatable bonds is 15. The van der Waals surface area contributed by atoms with Crippen molar-refractivity contribution in [3.8, 4) is 0 Å². The Balaban J connectivity index is 3.20. The second-order valence-electron chi connectivity index (χ2n) is 6.33. The summed E-state index contributed by atoms with van der Waals surface area (Å²) in [6, 6.07) is 0. The Morgan fingerprint density at radius 2 is 0.900 bits per heavy atom. The van der Waals surface area contributed by atoms with Crippen molar-refractivity contribution in [2.75, 3.05) is 13.2 Å². The van der Waals surface area contributed by atoms with Gasteiger partial charge >= 0.3 is 0 Å². The van der Waals surface area contributed by atoms with Crippen molar-refractivity contribution in [2.24, 2.45) is 0 Å². The van der Waals surface area contributed by atoms with Crippen molar-refractivity contribution in [1.82, 2.24) is 0 Å². The van der Waals surface area contributed by atoms with E-state index in [1.54, 1.807) is 0 Å². The van der Waals surface area contributed by atoms with Crippen LogP contribution in [0.4, 0.5) is 0 Å². The van der Waals surface area contributed by atoms with Crippen LogP contribution < -0.4 is 0 Å². The van der Waals surface area contributed by atoms with Crippen LogP contribution in [0.3, 0.4) is 0 Å². The molecule has 0 heterocycles. The average molecular weight is 288 g/mol. The minimum absolute atomic E-state index is 0.175. The third-order valence-electron chi connectivity index (χ3n) is 4.00. The van der Waals surface area contributed by atoms with Crippen LogP contribution in [-0.4, -0.2) is 34.1 Å². The Morgan fingerprint density at radius 1 is 0.550 bits per heavy atom. The Labute approximate surface area is 125 Å². The molecular formula is C17H36O3. The van der Waals surface area contributed by atoms with Crippen molar-refractivity contribution in [3.63, 3.8) is 0 Å². The molecule has 20 heavy (non-hydrogen) atoms. The van der Waals surface area contributed by atoms with Gasteiger partial charge in [-0.1, -0.05) is 57.8 Å². The Hall–Kier alpha value is -0.120. The standard InChI is InChI=1S/C17H36O3/c1-17(20,14-12-16-19)13-10-8-6-4-2-3-5-7-9-11-15-18/h18-20H,2-16H2,1H3. The van der Waals surface area contributed by atoms with Gasteiger partial charge in [0.2, 0.25) is 0 Å². The number of unbranched alkanes of at least 4 members (excludes halogenated alkanes) is 9. The molecule has 3 heteroatoms. The zero-order valence-corrected chi connectivity index (χ0v) is 13.4. The van der Waals surface area contributed by atoms with Crippen LogP contribution in [-0.2, 0) is 0 Å². The first kappa shape index (κ1) is 19.9. The normalized spacial score (nSPS) is 14.4.